The Morgan fingerprint density at radius 1 is 1.00 bits per heavy atom. The number of hydrogen-bond acceptors (Lipinski definition) is 4. The number of anilines is 1. The van der Waals surface area contributed by atoms with Crippen molar-refractivity contribution in [3.63, 3.8) is 0 Å². The third-order valence-corrected chi connectivity index (χ3v) is 4.61. The predicted molar refractivity (Wildman–Crippen MR) is 94.0 cm³/mol. The van der Waals surface area contributed by atoms with Crippen LogP contribution in [0.3, 0.4) is 0 Å². The molecule has 24 heavy (non-hydrogen) atoms. The summed E-state index contributed by atoms with van der Waals surface area (Å²) < 4.78 is 2.27. The van der Waals surface area contributed by atoms with Crippen molar-refractivity contribution >= 4 is 5.82 Å². The van der Waals surface area contributed by atoms with Crippen LogP contribution >= 0.6 is 0 Å². The van der Waals surface area contributed by atoms with E-state index in [1.807, 2.05) is 30.9 Å². The van der Waals surface area contributed by atoms with Crippen LogP contribution in [-0.2, 0) is 6.54 Å². The van der Waals surface area contributed by atoms with Crippen LogP contribution in [0.15, 0.2) is 61.3 Å². The zero-order valence-corrected chi connectivity index (χ0v) is 13.6. The van der Waals surface area contributed by atoms with Gasteiger partial charge in [-0.05, 0) is 42.7 Å². The molecule has 122 valence electrons. The largest absolute Gasteiger partial charge is 0.356 e. The summed E-state index contributed by atoms with van der Waals surface area (Å²) in [5.41, 5.74) is 1.25. The fourth-order valence-electron chi connectivity index (χ4n) is 3.44. The fourth-order valence-corrected chi connectivity index (χ4v) is 3.44. The fraction of sp³-hybridized carbons (Fsp3) is 0.316. The summed E-state index contributed by atoms with van der Waals surface area (Å²) in [6, 6.07) is 10.2. The first kappa shape index (κ1) is 14.9. The van der Waals surface area contributed by atoms with Crippen molar-refractivity contribution in [1.82, 2.24) is 19.5 Å². The van der Waals surface area contributed by atoms with Crippen LogP contribution in [0.5, 0.6) is 0 Å². The summed E-state index contributed by atoms with van der Waals surface area (Å²) in [6.07, 6.45) is 11.9. The zero-order valence-electron chi connectivity index (χ0n) is 13.6. The van der Waals surface area contributed by atoms with E-state index in [0.717, 1.165) is 25.5 Å². The Balaban J connectivity index is 1.53. The first-order chi connectivity index (χ1) is 11.9. The standard InChI is InChI=1S/C19H21N5/c1-2-8-21-18(5-1)23-12-3-4-17(15-23)19-22-11-13-24(19)14-16-6-9-20-10-7-16/h1-2,5-11,13,17H,3-4,12,14-15H2. The van der Waals surface area contributed by atoms with E-state index in [4.69, 9.17) is 0 Å². The van der Waals surface area contributed by atoms with Crippen LogP contribution < -0.4 is 4.90 Å². The molecule has 1 aliphatic heterocycles. The highest BCUT2D eigenvalue weighted by Crippen LogP contribution is 2.28. The van der Waals surface area contributed by atoms with Gasteiger partial charge in [-0.1, -0.05) is 6.07 Å². The Kier molecular flexibility index (Phi) is 4.23. The first-order valence-corrected chi connectivity index (χ1v) is 8.46. The van der Waals surface area contributed by atoms with Gasteiger partial charge < -0.3 is 9.47 Å². The van der Waals surface area contributed by atoms with Crippen molar-refractivity contribution in [1.29, 1.82) is 0 Å². The maximum atomic E-state index is 4.66. The van der Waals surface area contributed by atoms with E-state index >= 15 is 0 Å². The third-order valence-electron chi connectivity index (χ3n) is 4.61. The molecule has 5 nitrogen and oxygen atoms in total. The summed E-state index contributed by atoms with van der Waals surface area (Å²) in [5.74, 6) is 2.68. The van der Waals surface area contributed by atoms with E-state index in [9.17, 15) is 0 Å². The van der Waals surface area contributed by atoms with E-state index in [1.165, 1.54) is 24.2 Å². The Bertz CT molecular complexity index is 769. The SMILES string of the molecule is c1ccc(N2CCCC(c3nccn3Cc3ccncc3)C2)nc1. The van der Waals surface area contributed by atoms with Gasteiger partial charge in [-0.15, -0.1) is 0 Å². The van der Waals surface area contributed by atoms with E-state index in [1.54, 1.807) is 0 Å². The molecule has 0 bridgehead atoms. The quantitative estimate of drug-likeness (QED) is 0.741. The summed E-state index contributed by atoms with van der Waals surface area (Å²) in [5, 5.41) is 0. The van der Waals surface area contributed by atoms with Crippen LogP contribution in [-0.4, -0.2) is 32.6 Å². The summed E-state index contributed by atoms with van der Waals surface area (Å²) >= 11 is 0. The average Bonchev–Trinajstić information content (AvgIpc) is 3.12. The van der Waals surface area contributed by atoms with Crippen LogP contribution in [0, 0.1) is 0 Å². The predicted octanol–water partition coefficient (Wildman–Crippen LogP) is 3.11. The lowest BCUT2D eigenvalue weighted by Crippen LogP contribution is -2.35. The van der Waals surface area contributed by atoms with Gasteiger partial charge in [0.15, 0.2) is 0 Å². The molecule has 1 aliphatic rings. The normalized spacial score (nSPS) is 17.8. The minimum absolute atomic E-state index is 0.442. The molecule has 0 radical (unpaired) electrons. The average molecular weight is 319 g/mol. The van der Waals surface area contributed by atoms with Gasteiger partial charge in [0.05, 0.1) is 0 Å². The second-order valence-corrected chi connectivity index (χ2v) is 6.24. The van der Waals surface area contributed by atoms with Crippen molar-refractivity contribution in [3.05, 3.63) is 72.7 Å². The number of aromatic nitrogens is 4. The topological polar surface area (TPSA) is 46.8 Å². The molecule has 1 fully saturated rings. The van der Waals surface area contributed by atoms with Crippen molar-refractivity contribution < 1.29 is 0 Å². The van der Waals surface area contributed by atoms with Gasteiger partial charge in [0.2, 0.25) is 0 Å². The maximum absolute atomic E-state index is 4.66. The van der Waals surface area contributed by atoms with E-state index in [2.05, 4.69) is 54.9 Å². The molecule has 1 atom stereocenters. The Hall–Kier alpha value is -2.69. The summed E-state index contributed by atoms with van der Waals surface area (Å²) in [7, 11) is 0. The van der Waals surface area contributed by atoms with E-state index in [0.29, 0.717) is 5.92 Å². The van der Waals surface area contributed by atoms with Gasteiger partial charge in [-0.3, -0.25) is 4.98 Å². The van der Waals surface area contributed by atoms with E-state index < -0.39 is 0 Å². The number of pyridine rings is 2. The van der Waals surface area contributed by atoms with Gasteiger partial charge in [0, 0.05) is 56.5 Å². The Labute approximate surface area is 142 Å². The van der Waals surface area contributed by atoms with Gasteiger partial charge in [0.1, 0.15) is 11.6 Å². The minimum atomic E-state index is 0.442. The first-order valence-electron chi connectivity index (χ1n) is 8.46. The molecule has 0 spiro atoms. The number of hydrogen-bond donors (Lipinski definition) is 0. The van der Waals surface area contributed by atoms with Crippen molar-refractivity contribution in [2.75, 3.05) is 18.0 Å². The molecule has 1 saturated heterocycles. The second-order valence-electron chi connectivity index (χ2n) is 6.24. The lowest BCUT2D eigenvalue weighted by molar-refractivity contribution is 0.474. The van der Waals surface area contributed by atoms with Crippen LogP contribution in [0.2, 0.25) is 0 Å². The molecule has 0 amide bonds. The molecule has 3 aromatic heterocycles. The number of rotatable bonds is 4. The lowest BCUT2D eigenvalue weighted by Gasteiger charge is -2.33. The Morgan fingerprint density at radius 3 is 2.75 bits per heavy atom. The third kappa shape index (κ3) is 3.15. The van der Waals surface area contributed by atoms with Gasteiger partial charge in [-0.2, -0.15) is 0 Å². The van der Waals surface area contributed by atoms with Crippen LogP contribution in [0.4, 0.5) is 5.82 Å². The molecule has 1 unspecified atom stereocenters. The molecule has 4 rings (SSSR count). The van der Waals surface area contributed by atoms with Gasteiger partial charge in [0.25, 0.3) is 0 Å². The smallest absolute Gasteiger partial charge is 0.128 e. The summed E-state index contributed by atoms with van der Waals surface area (Å²) in [4.78, 5) is 15.6. The Morgan fingerprint density at radius 2 is 1.92 bits per heavy atom. The van der Waals surface area contributed by atoms with Crippen LogP contribution in [0.25, 0.3) is 0 Å². The van der Waals surface area contributed by atoms with Crippen molar-refractivity contribution in [3.8, 4) is 0 Å². The molecular formula is C19H21N5. The second kappa shape index (κ2) is 6.83. The molecule has 0 saturated carbocycles. The monoisotopic (exact) mass is 319 g/mol. The highest BCUT2D eigenvalue weighted by Gasteiger charge is 2.25. The molecule has 3 aromatic rings. The highest BCUT2D eigenvalue weighted by molar-refractivity contribution is 5.39. The number of imidazole rings is 1. The highest BCUT2D eigenvalue weighted by atomic mass is 15.2. The minimum Gasteiger partial charge on any atom is -0.356 e. The summed E-state index contributed by atoms with van der Waals surface area (Å²) in [6.45, 7) is 2.89. The van der Waals surface area contributed by atoms with Gasteiger partial charge in [-0.25, -0.2) is 9.97 Å². The van der Waals surface area contributed by atoms with E-state index in [-0.39, 0.29) is 0 Å². The molecule has 5 heteroatoms. The molecule has 0 N–H and O–H groups in total. The molecule has 4 heterocycles. The molecular weight excluding hydrogens is 298 g/mol. The molecule has 0 aromatic carbocycles. The lowest BCUT2D eigenvalue weighted by atomic mass is 9.97. The zero-order chi connectivity index (χ0) is 16.2. The number of piperidine rings is 1. The number of nitrogens with zero attached hydrogens (tertiary/aromatic N) is 5. The maximum Gasteiger partial charge on any atom is 0.128 e. The van der Waals surface area contributed by atoms with Gasteiger partial charge >= 0.3 is 0 Å². The van der Waals surface area contributed by atoms with Crippen LogP contribution in [0.1, 0.15) is 30.1 Å². The molecule has 0 aliphatic carbocycles. The van der Waals surface area contributed by atoms with Crippen molar-refractivity contribution in [2.24, 2.45) is 0 Å². The van der Waals surface area contributed by atoms with Crippen molar-refractivity contribution in [2.45, 2.75) is 25.3 Å².